The van der Waals surface area contributed by atoms with E-state index in [1.807, 2.05) is 13.2 Å². The third kappa shape index (κ3) is 3.20. The van der Waals surface area contributed by atoms with Gasteiger partial charge in [-0.1, -0.05) is 0 Å². The topological polar surface area (TPSA) is 31.4 Å². The fourth-order valence-electron chi connectivity index (χ4n) is 3.15. The highest BCUT2D eigenvalue weighted by molar-refractivity contribution is 7.99. The number of nitrogens with one attached hydrogen (secondary N) is 1. The Labute approximate surface area is 125 Å². The molecular weight excluding hydrogens is 268 g/mol. The van der Waals surface area contributed by atoms with Crippen LogP contribution in [0.2, 0.25) is 0 Å². The van der Waals surface area contributed by atoms with Crippen molar-refractivity contribution in [1.82, 2.24) is 9.88 Å². The fourth-order valence-corrected chi connectivity index (χ4v) is 4.08. The van der Waals surface area contributed by atoms with E-state index in [1.165, 1.54) is 43.1 Å². The molecule has 0 bridgehead atoms. The Balaban J connectivity index is 1.54. The molecule has 0 saturated carbocycles. The van der Waals surface area contributed by atoms with Crippen molar-refractivity contribution in [3.05, 3.63) is 18.3 Å². The number of rotatable bonds is 3. The molecule has 0 radical (unpaired) electrons. The summed E-state index contributed by atoms with van der Waals surface area (Å²) < 4.78 is 0. The lowest BCUT2D eigenvalue weighted by Gasteiger charge is -2.40. The van der Waals surface area contributed by atoms with Gasteiger partial charge in [-0.15, -0.1) is 0 Å². The van der Waals surface area contributed by atoms with Crippen LogP contribution in [0.5, 0.6) is 0 Å². The first-order valence-electron chi connectivity index (χ1n) is 7.57. The lowest BCUT2D eigenvalue weighted by Crippen LogP contribution is -2.47. The molecule has 0 atom stereocenters. The second-order valence-electron chi connectivity index (χ2n) is 5.52. The molecule has 2 aliphatic heterocycles. The normalized spacial score (nSPS) is 21.9. The van der Waals surface area contributed by atoms with Crippen molar-refractivity contribution < 1.29 is 0 Å². The molecule has 0 amide bonds. The largest absolute Gasteiger partial charge is 0.373 e. The standard InChI is InChI=1S/C15H24N4S/c1-16-15-3-2-14(12-17-15)18-6-4-13(5-7-18)19-8-10-20-11-9-19/h2-3,12-13H,4-11H2,1H3,(H,16,17). The molecule has 1 aromatic rings. The summed E-state index contributed by atoms with van der Waals surface area (Å²) in [5.74, 6) is 3.57. The SMILES string of the molecule is CNc1ccc(N2CCC(N3CCSCC3)CC2)cn1. The number of pyridine rings is 1. The van der Waals surface area contributed by atoms with E-state index in [2.05, 4.69) is 44.0 Å². The van der Waals surface area contributed by atoms with Gasteiger partial charge in [0, 0.05) is 50.8 Å². The number of aromatic nitrogens is 1. The molecule has 1 N–H and O–H groups in total. The average Bonchev–Trinajstić information content (AvgIpc) is 2.56. The van der Waals surface area contributed by atoms with Crippen LogP contribution in [-0.4, -0.2) is 60.7 Å². The first-order chi connectivity index (χ1) is 9.86. The summed E-state index contributed by atoms with van der Waals surface area (Å²) >= 11 is 2.10. The fraction of sp³-hybridized carbons (Fsp3) is 0.667. The summed E-state index contributed by atoms with van der Waals surface area (Å²) in [5.41, 5.74) is 1.26. The predicted molar refractivity (Wildman–Crippen MR) is 87.9 cm³/mol. The maximum atomic E-state index is 4.42. The number of nitrogens with zero attached hydrogens (tertiary/aromatic N) is 3. The second kappa shape index (κ2) is 6.68. The molecular formula is C15H24N4S. The van der Waals surface area contributed by atoms with E-state index in [4.69, 9.17) is 0 Å². The number of hydrogen-bond acceptors (Lipinski definition) is 5. The van der Waals surface area contributed by atoms with Gasteiger partial charge in [-0.05, 0) is 25.0 Å². The number of anilines is 2. The highest BCUT2D eigenvalue weighted by atomic mass is 32.2. The summed E-state index contributed by atoms with van der Waals surface area (Å²) in [5, 5.41) is 3.07. The maximum Gasteiger partial charge on any atom is 0.125 e. The van der Waals surface area contributed by atoms with E-state index in [9.17, 15) is 0 Å². The van der Waals surface area contributed by atoms with E-state index >= 15 is 0 Å². The van der Waals surface area contributed by atoms with Crippen molar-refractivity contribution in [3.63, 3.8) is 0 Å². The first kappa shape index (κ1) is 14.0. The van der Waals surface area contributed by atoms with Crippen LogP contribution in [0.3, 0.4) is 0 Å². The molecule has 2 aliphatic rings. The Morgan fingerprint density at radius 3 is 2.50 bits per heavy atom. The molecule has 3 rings (SSSR count). The van der Waals surface area contributed by atoms with Crippen LogP contribution in [0.15, 0.2) is 18.3 Å². The molecule has 0 aromatic carbocycles. The van der Waals surface area contributed by atoms with Gasteiger partial charge in [0.15, 0.2) is 0 Å². The Bertz CT molecular complexity index is 408. The van der Waals surface area contributed by atoms with Crippen molar-refractivity contribution >= 4 is 23.3 Å². The van der Waals surface area contributed by atoms with Crippen molar-refractivity contribution in [1.29, 1.82) is 0 Å². The minimum atomic E-state index is 0.802. The number of thioether (sulfide) groups is 1. The van der Waals surface area contributed by atoms with Crippen LogP contribution in [0.4, 0.5) is 11.5 Å². The van der Waals surface area contributed by atoms with E-state index in [1.54, 1.807) is 0 Å². The highest BCUT2D eigenvalue weighted by Gasteiger charge is 2.25. The van der Waals surface area contributed by atoms with Crippen LogP contribution < -0.4 is 10.2 Å². The van der Waals surface area contributed by atoms with E-state index < -0.39 is 0 Å². The zero-order chi connectivity index (χ0) is 13.8. The smallest absolute Gasteiger partial charge is 0.125 e. The lowest BCUT2D eigenvalue weighted by molar-refractivity contribution is 0.186. The average molecular weight is 292 g/mol. The van der Waals surface area contributed by atoms with Crippen LogP contribution in [-0.2, 0) is 0 Å². The van der Waals surface area contributed by atoms with Crippen LogP contribution in [0.25, 0.3) is 0 Å². The van der Waals surface area contributed by atoms with Gasteiger partial charge < -0.3 is 10.2 Å². The van der Waals surface area contributed by atoms with Gasteiger partial charge in [0.1, 0.15) is 5.82 Å². The Hall–Kier alpha value is -0.940. The van der Waals surface area contributed by atoms with Crippen molar-refractivity contribution in [3.8, 4) is 0 Å². The second-order valence-corrected chi connectivity index (χ2v) is 6.74. The highest BCUT2D eigenvalue weighted by Crippen LogP contribution is 2.24. The summed E-state index contributed by atoms with van der Waals surface area (Å²) in [4.78, 5) is 9.59. The van der Waals surface area contributed by atoms with Crippen LogP contribution in [0, 0.1) is 0 Å². The van der Waals surface area contributed by atoms with Gasteiger partial charge in [0.05, 0.1) is 11.9 Å². The first-order valence-corrected chi connectivity index (χ1v) is 8.73. The monoisotopic (exact) mass is 292 g/mol. The Morgan fingerprint density at radius 2 is 1.90 bits per heavy atom. The third-order valence-corrected chi connectivity index (χ3v) is 5.34. The van der Waals surface area contributed by atoms with Gasteiger partial charge in [-0.2, -0.15) is 11.8 Å². The zero-order valence-electron chi connectivity index (χ0n) is 12.2. The number of piperidine rings is 1. The van der Waals surface area contributed by atoms with Gasteiger partial charge >= 0.3 is 0 Å². The summed E-state index contributed by atoms with van der Waals surface area (Å²) in [6.07, 6.45) is 4.57. The zero-order valence-corrected chi connectivity index (χ0v) is 13.0. The minimum absolute atomic E-state index is 0.802. The summed E-state index contributed by atoms with van der Waals surface area (Å²) in [6, 6.07) is 5.04. The molecule has 3 heterocycles. The quantitative estimate of drug-likeness (QED) is 0.922. The lowest BCUT2D eigenvalue weighted by atomic mass is 10.0. The van der Waals surface area contributed by atoms with Gasteiger partial charge in [-0.25, -0.2) is 4.98 Å². The molecule has 0 spiro atoms. The Kier molecular flexibility index (Phi) is 4.68. The number of hydrogen-bond donors (Lipinski definition) is 1. The van der Waals surface area contributed by atoms with Gasteiger partial charge in [0.25, 0.3) is 0 Å². The molecule has 2 saturated heterocycles. The van der Waals surface area contributed by atoms with Gasteiger partial charge in [0.2, 0.25) is 0 Å². The Morgan fingerprint density at radius 1 is 1.15 bits per heavy atom. The molecule has 2 fully saturated rings. The molecule has 1 aromatic heterocycles. The van der Waals surface area contributed by atoms with Crippen LogP contribution >= 0.6 is 11.8 Å². The maximum absolute atomic E-state index is 4.42. The molecule has 110 valence electrons. The molecule has 5 heteroatoms. The predicted octanol–water partition coefficient (Wildman–Crippen LogP) is 2.14. The third-order valence-electron chi connectivity index (χ3n) is 4.40. The molecule has 20 heavy (non-hydrogen) atoms. The van der Waals surface area contributed by atoms with E-state index in [0.717, 1.165) is 24.9 Å². The van der Waals surface area contributed by atoms with Crippen LogP contribution in [0.1, 0.15) is 12.8 Å². The molecule has 4 nitrogen and oxygen atoms in total. The van der Waals surface area contributed by atoms with Crippen molar-refractivity contribution in [2.24, 2.45) is 0 Å². The van der Waals surface area contributed by atoms with E-state index in [-0.39, 0.29) is 0 Å². The minimum Gasteiger partial charge on any atom is -0.373 e. The summed E-state index contributed by atoms with van der Waals surface area (Å²) in [7, 11) is 1.91. The van der Waals surface area contributed by atoms with Crippen molar-refractivity contribution in [2.75, 3.05) is 54.9 Å². The van der Waals surface area contributed by atoms with E-state index in [0.29, 0.717) is 0 Å². The summed E-state index contributed by atoms with van der Waals surface area (Å²) in [6.45, 7) is 4.89. The van der Waals surface area contributed by atoms with Gasteiger partial charge in [-0.3, -0.25) is 4.90 Å². The molecule has 0 unspecified atom stereocenters. The molecule has 0 aliphatic carbocycles. The van der Waals surface area contributed by atoms with Crippen molar-refractivity contribution in [2.45, 2.75) is 18.9 Å².